The molecule has 1 aromatic heterocycles. The van der Waals surface area contributed by atoms with Crippen LogP contribution < -0.4 is 5.32 Å². The SMILES string of the molecule is CCN(CC)C(=O)CCNCc1nc(C(C)(C)C)cs1. The number of hydrogen-bond acceptors (Lipinski definition) is 4. The Morgan fingerprint density at radius 3 is 2.50 bits per heavy atom. The third-order valence-electron chi connectivity index (χ3n) is 3.23. The van der Waals surface area contributed by atoms with Crippen LogP contribution in [0.15, 0.2) is 5.38 Å². The van der Waals surface area contributed by atoms with E-state index < -0.39 is 0 Å². The van der Waals surface area contributed by atoms with Crippen LogP contribution in [-0.2, 0) is 16.8 Å². The Morgan fingerprint density at radius 2 is 2.00 bits per heavy atom. The van der Waals surface area contributed by atoms with Gasteiger partial charge in [-0.1, -0.05) is 20.8 Å². The summed E-state index contributed by atoms with van der Waals surface area (Å²) < 4.78 is 0. The third kappa shape index (κ3) is 5.21. The molecule has 0 aliphatic rings. The van der Waals surface area contributed by atoms with Crippen molar-refractivity contribution in [3.05, 3.63) is 16.1 Å². The zero-order valence-electron chi connectivity index (χ0n) is 13.3. The highest BCUT2D eigenvalue weighted by Gasteiger charge is 2.17. The number of carbonyl (C=O) groups is 1. The molecule has 4 nitrogen and oxygen atoms in total. The number of nitrogens with zero attached hydrogens (tertiary/aromatic N) is 2. The fourth-order valence-electron chi connectivity index (χ4n) is 1.86. The van der Waals surface area contributed by atoms with Gasteiger partial charge in [-0.15, -0.1) is 11.3 Å². The number of aromatic nitrogens is 1. The monoisotopic (exact) mass is 297 g/mol. The normalized spacial score (nSPS) is 11.7. The molecule has 0 bridgehead atoms. The van der Waals surface area contributed by atoms with E-state index in [-0.39, 0.29) is 11.3 Å². The summed E-state index contributed by atoms with van der Waals surface area (Å²) in [5.74, 6) is 0.219. The minimum atomic E-state index is 0.105. The van der Waals surface area contributed by atoms with Gasteiger partial charge in [0.15, 0.2) is 0 Å². The van der Waals surface area contributed by atoms with Crippen molar-refractivity contribution >= 4 is 17.2 Å². The summed E-state index contributed by atoms with van der Waals surface area (Å²) in [6, 6.07) is 0. The molecule has 1 amide bonds. The molecule has 1 heterocycles. The maximum Gasteiger partial charge on any atom is 0.223 e. The van der Waals surface area contributed by atoms with Gasteiger partial charge in [0.05, 0.1) is 5.69 Å². The molecule has 0 aliphatic heterocycles. The summed E-state index contributed by atoms with van der Waals surface area (Å²) in [4.78, 5) is 18.3. The fraction of sp³-hybridized carbons (Fsp3) is 0.733. The molecule has 0 radical (unpaired) electrons. The maximum atomic E-state index is 11.8. The van der Waals surface area contributed by atoms with Crippen LogP contribution in [-0.4, -0.2) is 35.4 Å². The van der Waals surface area contributed by atoms with Crippen LogP contribution in [0.3, 0.4) is 0 Å². The zero-order chi connectivity index (χ0) is 15.2. The molecule has 1 aromatic rings. The summed E-state index contributed by atoms with van der Waals surface area (Å²) in [5, 5.41) is 6.51. The van der Waals surface area contributed by atoms with E-state index >= 15 is 0 Å². The Labute approximate surface area is 126 Å². The molecule has 1 N–H and O–H groups in total. The van der Waals surface area contributed by atoms with Crippen LogP contribution in [0.2, 0.25) is 0 Å². The van der Waals surface area contributed by atoms with Gasteiger partial charge in [0.1, 0.15) is 5.01 Å². The van der Waals surface area contributed by atoms with Crippen molar-refractivity contribution in [3.8, 4) is 0 Å². The lowest BCUT2D eigenvalue weighted by atomic mass is 9.93. The Bertz CT molecular complexity index is 419. The first kappa shape index (κ1) is 17.1. The molecular weight excluding hydrogens is 270 g/mol. The predicted octanol–water partition coefficient (Wildman–Crippen LogP) is 2.79. The summed E-state index contributed by atoms with van der Waals surface area (Å²) in [7, 11) is 0. The van der Waals surface area contributed by atoms with Crippen LogP contribution in [0.25, 0.3) is 0 Å². The van der Waals surface area contributed by atoms with Gasteiger partial charge in [-0.2, -0.15) is 0 Å². The minimum Gasteiger partial charge on any atom is -0.343 e. The average Bonchev–Trinajstić information content (AvgIpc) is 2.85. The van der Waals surface area contributed by atoms with Crippen molar-refractivity contribution in [2.45, 2.75) is 53.0 Å². The van der Waals surface area contributed by atoms with E-state index in [0.29, 0.717) is 13.0 Å². The van der Waals surface area contributed by atoms with E-state index in [0.717, 1.165) is 30.3 Å². The molecule has 0 spiro atoms. The van der Waals surface area contributed by atoms with Crippen LogP contribution >= 0.6 is 11.3 Å². The molecule has 114 valence electrons. The Morgan fingerprint density at radius 1 is 1.35 bits per heavy atom. The van der Waals surface area contributed by atoms with Crippen LogP contribution in [0.1, 0.15) is 51.7 Å². The molecule has 1 rings (SSSR count). The van der Waals surface area contributed by atoms with E-state index in [1.54, 1.807) is 11.3 Å². The molecule has 20 heavy (non-hydrogen) atoms. The first-order chi connectivity index (χ1) is 9.38. The van der Waals surface area contributed by atoms with E-state index in [4.69, 9.17) is 0 Å². The van der Waals surface area contributed by atoms with Crippen molar-refractivity contribution in [3.63, 3.8) is 0 Å². The molecular formula is C15H27N3OS. The largest absolute Gasteiger partial charge is 0.343 e. The first-order valence-electron chi connectivity index (χ1n) is 7.31. The quantitative estimate of drug-likeness (QED) is 0.787. The fourth-order valence-corrected chi connectivity index (χ4v) is 2.85. The van der Waals surface area contributed by atoms with Crippen molar-refractivity contribution in [2.24, 2.45) is 0 Å². The van der Waals surface area contributed by atoms with E-state index in [9.17, 15) is 4.79 Å². The lowest BCUT2D eigenvalue weighted by Gasteiger charge is -2.18. The number of nitrogens with one attached hydrogen (secondary N) is 1. The van der Waals surface area contributed by atoms with Gasteiger partial charge in [-0.3, -0.25) is 4.79 Å². The van der Waals surface area contributed by atoms with E-state index in [1.807, 2.05) is 18.7 Å². The number of amides is 1. The highest BCUT2D eigenvalue weighted by molar-refractivity contribution is 7.09. The standard InChI is InChI=1S/C15H27N3OS/c1-6-18(7-2)14(19)8-9-16-10-13-17-12(11-20-13)15(3,4)5/h11,16H,6-10H2,1-5H3. The summed E-state index contributed by atoms with van der Waals surface area (Å²) >= 11 is 1.68. The molecule has 0 fully saturated rings. The molecule has 5 heteroatoms. The number of rotatable bonds is 7. The highest BCUT2D eigenvalue weighted by Crippen LogP contribution is 2.23. The van der Waals surface area contributed by atoms with Gasteiger partial charge in [-0.25, -0.2) is 4.98 Å². The average molecular weight is 297 g/mol. The van der Waals surface area contributed by atoms with Gasteiger partial charge in [0.25, 0.3) is 0 Å². The van der Waals surface area contributed by atoms with Gasteiger partial charge < -0.3 is 10.2 Å². The Balaban J connectivity index is 2.31. The zero-order valence-corrected chi connectivity index (χ0v) is 14.1. The van der Waals surface area contributed by atoms with Gasteiger partial charge in [0.2, 0.25) is 5.91 Å². The smallest absolute Gasteiger partial charge is 0.223 e. The highest BCUT2D eigenvalue weighted by atomic mass is 32.1. The molecule has 0 atom stereocenters. The third-order valence-corrected chi connectivity index (χ3v) is 4.08. The lowest BCUT2D eigenvalue weighted by molar-refractivity contribution is -0.130. The van der Waals surface area contributed by atoms with Crippen molar-refractivity contribution in [2.75, 3.05) is 19.6 Å². The lowest BCUT2D eigenvalue weighted by Crippen LogP contribution is -2.32. The van der Waals surface area contributed by atoms with E-state index in [1.165, 1.54) is 0 Å². The second kappa shape index (κ2) is 7.74. The van der Waals surface area contributed by atoms with Gasteiger partial charge in [0, 0.05) is 43.4 Å². The molecule has 0 saturated carbocycles. The minimum absolute atomic E-state index is 0.105. The van der Waals surface area contributed by atoms with Crippen LogP contribution in [0, 0.1) is 0 Å². The Hall–Kier alpha value is -0.940. The molecule has 0 aliphatic carbocycles. The second-order valence-electron chi connectivity index (χ2n) is 5.87. The maximum absolute atomic E-state index is 11.8. The second-order valence-corrected chi connectivity index (χ2v) is 6.81. The van der Waals surface area contributed by atoms with Crippen molar-refractivity contribution in [1.82, 2.24) is 15.2 Å². The number of thiazole rings is 1. The summed E-state index contributed by atoms with van der Waals surface area (Å²) in [6.07, 6.45) is 0.555. The summed E-state index contributed by atoms with van der Waals surface area (Å²) in [5.41, 5.74) is 1.24. The molecule has 0 saturated heterocycles. The van der Waals surface area contributed by atoms with Crippen molar-refractivity contribution < 1.29 is 4.79 Å². The molecule has 0 aromatic carbocycles. The Kier molecular flexibility index (Phi) is 6.62. The van der Waals surface area contributed by atoms with Gasteiger partial charge >= 0.3 is 0 Å². The topological polar surface area (TPSA) is 45.2 Å². The molecule has 0 unspecified atom stereocenters. The van der Waals surface area contributed by atoms with Gasteiger partial charge in [-0.05, 0) is 13.8 Å². The predicted molar refractivity (Wildman–Crippen MR) is 85.1 cm³/mol. The number of hydrogen-bond donors (Lipinski definition) is 1. The first-order valence-corrected chi connectivity index (χ1v) is 8.19. The summed E-state index contributed by atoms with van der Waals surface area (Å²) in [6.45, 7) is 13.6. The van der Waals surface area contributed by atoms with Crippen LogP contribution in [0.5, 0.6) is 0 Å². The van der Waals surface area contributed by atoms with Crippen molar-refractivity contribution in [1.29, 1.82) is 0 Å². The number of carbonyl (C=O) groups excluding carboxylic acids is 1. The van der Waals surface area contributed by atoms with E-state index in [2.05, 4.69) is 36.5 Å². The van der Waals surface area contributed by atoms with Crippen LogP contribution in [0.4, 0.5) is 0 Å².